The molecule has 1 aliphatic rings. The van der Waals surface area contributed by atoms with E-state index in [0.717, 1.165) is 30.2 Å². The molecule has 1 aliphatic heterocycles. The molecule has 2 heterocycles. The third-order valence-corrected chi connectivity index (χ3v) is 3.96. The Bertz CT molecular complexity index is 756. The average Bonchev–Trinajstić information content (AvgIpc) is 2.53. The number of para-hydroxylation sites is 1. The van der Waals surface area contributed by atoms with E-state index in [1.165, 1.54) is 13.0 Å². The van der Waals surface area contributed by atoms with E-state index in [4.69, 9.17) is 0 Å². The summed E-state index contributed by atoms with van der Waals surface area (Å²) < 4.78 is 38.1. The fraction of sp³-hybridized carbons (Fsp3) is 0.294. The highest BCUT2D eigenvalue weighted by atomic mass is 19.4. The molecule has 3 rings (SSSR count). The predicted octanol–water partition coefficient (Wildman–Crippen LogP) is 4.00. The lowest BCUT2D eigenvalue weighted by molar-refractivity contribution is -0.141. The Hall–Kier alpha value is -2.37. The quantitative estimate of drug-likeness (QED) is 0.795. The van der Waals surface area contributed by atoms with E-state index in [1.54, 1.807) is 4.90 Å². The number of hydrogen-bond acceptors (Lipinski definition) is 2. The van der Waals surface area contributed by atoms with Gasteiger partial charge in [0.25, 0.3) is 5.91 Å². The van der Waals surface area contributed by atoms with E-state index in [9.17, 15) is 18.0 Å². The van der Waals surface area contributed by atoms with Crippen LogP contribution >= 0.6 is 0 Å². The molecule has 1 aromatic heterocycles. The number of anilines is 1. The first kappa shape index (κ1) is 15.5. The van der Waals surface area contributed by atoms with E-state index in [-0.39, 0.29) is 17.2 Å². The zero-order valence-electron chi connectivity index (χ0n) is 12.5. The molecule has 0 aliphatic carbocycles. The number of amides is 1. The van der Waals surface area contributed by atoms with Crippen LogP contribution in [-0.4, -0.2) is 17.4 Å². The van der Waals surface area contributed by atoms with Gasteiger partial charge in [0.05, 0.1) is 11.3 Å². The molecule has 0 radical (unpaired) electrons. The Balaban J connectivity index is 1.96. The Kier molecular flexibility index (Phi) is 3.83. The maximum absolute atomic E-state index is 12.7. The summed E-state index contributed by atoms with van der Waals surface area (Å²) in [7, 11) is 0. The smallest absolute Gasteiger partial charge is 0.308 e. The van der Waals surface area contributed by atoms with Crippen molar-refractivity contribution in [2.24, 2.45) is 0 Å². The van der Waals surface area contributed by atoms with Gasteiger partial charge in [0.1, 0.15) is 5.69 Å². The number of benzene rings is 1. The largest absolute Gasteiger partial charge is 0.433 e. The zero-order valence-corrected chi connectivity index (χ0v) is 12.5. The van der Waals surface area contributed by atoms with Gasteiger partial charge in [-0.05, 0) is 43.5 Å². The van der Waals surface area contributed by atoms with Crippen molar-refractivity contribution in [3.8, 4) is 0 Å². The molecule has 0 N–H and O–H groups in total. The van der Waals surface area contributed by atoms with Gasteiger partial charge in [0.2, 0.25) is 0 Å². The molecule has 120 valence electrons. The fourth-order valence-electron chi connectivity index (χ4n) is 2.83. The van der Waals surface area contributed by atoms with Crippen LogP contribution in [0.4, 0.5) is 18.9 Å². The molecule has 0 fully saturated rings. The molecule has 6 heteroatoms. The number of carbonyl (C=O) groups is 1. The van der Waals surface area contributed by atoms with Crippen LogP contribution in [0.5, 0.6) is 0 Å². The topological polar surface area (TPSA) is 33.2 Å². The Morgan fingerprint density at radius 1 is 1.17 bits per heavy atom. The van der Waals surface area contributed by atoms with Crippen molar-refractivity contribution in [1.29, 1.82) is 0 Å². The van der Waals surface area contributed by atoms with Crippen molar-refractivity contribution in [3.63, 3.8) is 0 Å². The van der Waals surface area contributed by atoms with Gasteiger partial charge >= 0.3 is 6.18 Å². The van der Waals surface area contributed by atoms with Crippen LogP contribution in [0.2, 0.25) is 0 Å². The highest BCUT2D eigenvalue weighted by molar-refractivity contribution is 6.07. The van der Waals surface area contributed by atoms with Gasteiger partial charge in [-0.1, -0.05) is 18.2 Å². The van der Waals surface area contributed by atoms with Crippen LogP contribution in [0.15, 0.2) is 36.4 Å². The van der Waals surface area contributed by atoms with Gasteiger partial charge in [-0.3, -0.25) is 4.79 Å². The molecular weight excluding hydrogens is 305 g/mol. The predicted molar refractivity (Wildman–Crippen MR) is 80.4 cm³/mol. The lowest BCUT2D eigenvalue weighted by atomic mass is 10.0. The summed E-state index contributed by atoms with van der Waals surface area (Å²) in [6.07, 6.45) is -2.79. The zero-order chi connectivity index (χ0) is 16.6. The summed E-state index contributed by atoms with van der Waals surface area (Å²) in [5, 5.41) is 0. The molecular formula is C17H15F3N2O. The van der Waals surface area contributed by atoms with E-state index in [2.05, 4.69) is 4.98 Å². The number of carbonyl (C=O) groups excluding carboxylic acids is 1. The van der Waals surface area contributed by atoms with Crippen molar-refractivity contribution in [2.45, 2.75) is 25.9 Å². The maximum Gasteiger partial charge on any atom is 0.433 e. The lowest BCUT2D eigenvalue weighted by Crippen LogP contribution is -2.36. The molecule has 1 amide bonds. The Labute approximate surface area is 131 Å². The minimum atomic E-state index is -4.51. The van der Waals surface area contributed by atoms with Crippen LogP contribution in [0.1, 0.15) is 33.7 Å². The van der Waals surface area contributed by atoms with Crippen LogP contribution in [0.25, 0.3) is 0 Å². The number of aromatic nitrogens is 1. The molecule has 3 nitrogen and oxygen atoms in total. The number of rotatable bonds is 1. The molecule has 2 aromatic rings. The van der Waals surface area contributed by atoms with Crippen LogP contribution in [-0.2, 0) is 12.6 Å². The monoisotopic (exact) mass is 320 g/mol. The van der Waals surface area contributed by atoms with Crippen LogP contribution in [0.3, 0.4) is 0 Å². The molecule has 0 atom stereocenters. The van der Waals surface area contributed by atoms with Crippen molar-refractivity contribution < 1.29 is 18.0 Å². The van der Waals surface area contributed by atoms with Gasteiger partial charge in [-0.25, -0.2) is 4.98 Å². The first-order chi connectivity index (χ1) is 10.9. The summed E-state index contributed by atoms with van der Waals surface area (Å²) in [6, 6.07) is 9.66. The Morgan fingerprint density at radius 3 is 2.61 bits per heavy atom. The number of hydrogen-bond donors (Lipinski definition) is 0. The minimum absolute atomic E-state index is 0.0906. The second-order valence-electron chi connectivity index (χ2n) is 5.52. The number of halogens is 3. The first-order valence-electron chi connectivity index (χ1n) is 7.32. The van der Waals surface area contributed by atoms with E-state index in [0.29, 0.717) is 6.54 Å². The van der Waals surface area contributed by atoms with Gasteiger partial charge in [-0.2, -0.15) is 13.2 Å². The van der Waals surface area contributed by atoms with Crippen molar-refractivity contribution in [1.82, 2.24) is 4.98 Å². The molecule has 1 aromatic carbocycles. The molecule has 0 spiro atoms. The van der Waals surface area contributed by atoms with E-state index < -0.39 is 11.9 Å². The highest BCUT2D eigenvalue weighted by Crippen LogP contribution is 2.30. The average molecular weight is 320 g/mol. The van der Waals surface area contributed by atoms with Gasteiger partial charge in [0, 0.05) is 12.2 Å². The van der Waals surface area contributed by atoms with Crippen molar-refractivity contribution in [2.75, 3.05) is 11.4 Å². The fourth-order valence-corrected chi connectivity index (χ4v) is 2.83. The number of fused-ring (bicyclic) bond motifs is 1. The third-order valence-electron chi connectivity index (χ3n) is 3.96. The minimum Gasteiger partial charge on any atom is -0.308 e. The first-order valence-corrected chi connectivity index (χ1v) is 7.32. The summed E-state index contributed by atoms with van der Waals surface area (Å²) >= 11 is 0. The SMILES string of the molecule is Cc1nc(C(F)(F)F)ccc1C(=O)N1CCCc2ccccc21. The summed E-state index contributed by atoms with van der Waals surface area (Å²) in [6.45, 7) is 1.98. The van der Waals surface area contributed by atoms with E-state index in [1.807, 2.05) is 24.3 Å². The van der Waals surface area contributed by atoms with Crippen LogP contribution in [0, 0.1) is 6.92 Å². The summed E-state index contributed by atoms with van der Waals surface area (Å²) in [4.78, 5) is 17.9. The normalized spacial score (nSPS) is 14.5. The maximum atomic E-state index is 12.7. The molecule has 0 unspecified atom stereocenters. The van der Waals surface area contributed by atoms with Gasteiger partial charge < -0.3 is 4.90 Å². The number of nitrogens with zero attached hydrogens (tertiary/aromatic N) is 2. The highest BCUT2D eigenvalue weighted by Gasteiger charge is 2.33. The summed E-state index contributed by atoms with van der Waals surface area (Å²) in [5.74, 6) is -0.309. The number of pyridine rings is 1. The van der Waals surface area contributed by atoms with Crippen LogP contribution < -0.4 is 4.90 Å². The Morgan fingerprint density at radius 2 is 1.91 bits per heavy atom. The van der Waals surface area contributed by atoms with Gasteiger partial charge in [0.15, 0.2) is 0 Å². The van der Waals surface area contributed by atoms with Crippen molar-refractivity contribution in [3.05, 3.63) is 58.9 Å². The van der Waals surface area contributed by atoms with Crippen molar-refractivity contribution >= 4 is 11.6 Å². The summed E-state index contributed by atoms with van der Waals surface area (Å²) in [5.41, 5.74) is 1.21. The third kappa shape index (κ3) is 2.93. The molecule has 0 bridgehead atoms. The second-order valence-corrected chi connectivity index (χ2v) is 5.52. The second kappa shape index (κ2) is 5.68. The molecule has 23 heavy (non-hydrogen) atoms. The molecule has 0 saturated carbocycles. The van der Waals surface area contributed by atoms with E-state index >= 15 is 0 Å². The standard InChI is InChI=1S/C17H15F3N2O/c1-11-13(8-9-15(21-11)17(18,19)20)16(23)22-10-4-6-12-5-2-3-7-14(12)22/h2-3,5,7-9H,4,6,10H2,1H3. The van der Waals surface area contributed by atoms with Gasteiger partial charge in [-0.15, -0.1) is 0 Å². The molecule has 0 saturated heterocycles. The lowest BCUT2D eigenvalue weighted by Gasteiger charge is -2.29. The number of aryl methyl sites for hydroxylation is 2. The number of alkyl halides is 3.